The fourth-order valence-electron chi connectivity index (χ4n) is 0.977. The summed E-state index contributed by atoms with van der Waals surface area (Å²) in [6, 6.07) is 3.81. The van der Waals surface area contributed by atoms with Crippen molar-refractivity contribution in [1.82, 2.24) is 9.97 Å². The van der Waals surface area contributed by atoms with Crippen LogP contribution in [0, 0.1) is 0 Å². The summed E-state index contributed by atoms with van der Waals surface area (Å²) in [5.41, 5.74) is 7.21. The summed E-state index contributed by atoms with van der Waals surface area (Å²) in [7, 11) is 0. The molecule has 0 aliphatic rings. The second-order valence-electron chi connectivity index (χ2n) is 2.14. The molecule has 0 fully saturated rings. The predicted octanol–water partition coefficient (Wildman–Crippen LogP) is 1.99. The number of aromatic nitrogens is 2. The van der Waals surface area contributed by atoms with Gasteiger partial charge in [0.1, 0.15) is 5.65 Å². The fourth-order valence-corrected chi connectivity index (χ4v) is 0.977. The highest BCUT2D eigenvalue weighted by atomic mass is 35.5. The molecule has 66 valence electrons. The predicted molar refractivity (Wildman–Crippen MR) is 55.0 cm³/mol. The molecule has 0 saturated heterocycles. The SMILES string of the molecule is Cl.Cl.Nc1c[nH]c2ncccc12. The number of rotatable bonds is 0. The van der Waals surface area contributed by atoms with Gasteiger partial charge >= 0.3 is 0 Å². The highest BCUT2D eigenvalue weighted by Gasteiger charge is 1.96. The minimum atomic E-state index is 0. The van der Waals surface area contributed by atoms with E-state index in [1.807, 2.05) is 12.1 Å². The van der Waals surface area contributed by atoms with Crippen molar-refractivity contribution >= 4 is 41.5 Å². The number of aromatic amines is 1. The van der Waals surface area contributed by atoms with Gasteiger partial charge in [0, 0.05) is 17.8 Å². The third-order valence-electron chi connectivity index (χ3n) is 1.48. The molecule has 0 aliphatic heterocycles. The standard InChI is InChI=1S/C7H7N3.2ClH/c8-6-4-10-7-5(6)2-1-3-9-7;;/h1-4H,8H2,(H,9,10);2*1H. The van der Waals surface area contributed by atoms with Gasteiger partial charge in [-0.3, -0.25) is 0 Å². The Morgan fingerprint density at radius 2 is 2.08 bits per heavy atom. The van der Waals surface area contributed by atoms with Gasteiger partial charge in [0.15, 0.2) is 0 Å². The van der Waals surface area contributed by atoms with Crippen LogP contribution in [0.2, 0.25) is 0 Å². The third-order valence-corrected chi connectivity index (χ3v) is 1.48. The van der Waals surface area contributed by atoms with Crippen LogP contribution in [0.25, 0.3) is 11.0 Å². The van der Waals surface area contributed by atoms with Crippen LogP contribution in [0.15, 0.2) is 24.5 Å². The van der Waals surface area contributed by atoms with E-state index in [-0.39, 0.29) is 24.8 Å². The lowest BCUT2D eigenvalue weighted by molar-refractivity contribution is 1.33. The molecule has 0 aromatic carbocycles. The van der Waals surface area contributed by atoms with Crippen LogP contribution < -0.4 is 5.73 Å². The summed E-state index contributed by atoms with van der Waals surface area (Å²) < 4.78 is 0. The third kappa shape index (κ3) is 1.62. The molecule has 2 heterocycles. The second kappa shape index (κ2) is 4.18. The van der Waals surface area contributed by atoms with Crippen LogP contribution in [0.3, 0.4) is 0 Å². The molecule has 2 aromatic rings. The number of nitrogen functional groups attached to an aromatic ring is 1. The second-order valence-corrected chi connectivity index (χ2v) is 2.14. The van der Waals surface area contributed by atoms with Crippen LogP contribution in [-0.2, 0) is 0 Å². The summed E-state index contributed by atoms with van der Waals surface area (Å²) in [4.78, 5) is 7.02. The summed E-state index contributed by atoms with van der Waals surface area (Å²) in [5, 5.41) is 0.988. The van der Waals surface area contributed by atoms with Crippen molar-refractivity contribution in [3.8, 4) is 0 Å². The minimum absolute atomic E-state index is 0. The van der Waals surface area contributed by atoms with E-state index in [9.17, 15) is 0 Å². The molecule has 2 aromatic heterocycles. The summed E-state index contributed by atoms with van der Waals surface area (Å²) in [5.74, 6) is 0. The average Bonchev–Trinajstić information content (AvgIpc) is 2.34. The van der Waals surface area contributed by atoms with E-state index in [1.165, 1.54) is 0 Å². The molecule has 0 bridgehead atoms. The molecule has 3 N–H and O–H groups in total. The van der Waals surface area contributed by atoms with Gasteiger partial charge in [0.25, 0.3) is 0 Å². The molecule has 0 spiro atoms. The number of hydrogen-bond acceptors (Lipinski definition) is 2. The Kier molecular flexibility index (Phi) is 3.86. The monoisotopic (exact) mass is 205 g/mol. The van der Waals surface area contributed by atoms with Crippen molar-refractivity contribution in [2.75, 3.05) is 5.73 Å². The van der Waals surface area contributed by atoms with Crippen LogP contribution >= 0.6 is 24.8 Å². The summed E-state index contributed by atoms with van der Waals surface area (Å²) >= 11 is 0. The Morgan fingerprint density at radius 1 is 1.33 bits per heavy atom. The number of anilines is 1. The van der Waals surface area contributed by atoms with Crippen molar-refractivity contribution in [3.05, 3.63) is 24.5 Å². The molecule has 0 atom stereocenters. The zero-order chi connectivity index (χ0) is 6.97. The first-order chi connectivity index (χ1) is 4.88. The molecule has 12 heavy (non-hydrogen) atoms. The van der Waals surface area contributed by atoms with Gasteiger partial charge in [0.05, 0.1) is 5.69 Å². The molecule has 0 unspecified atom stereocenters. The Hall–Kier alpha value is -0.930. The Bertz CT molecular complexity index is 358. The molecule has 0 saturated carbocycles. The van der Waals surface area contributed by atoms with E-state index in [1.54, 1.807) is 12.4 Å². The van der Waals surface area contributed by atoms with E-state index < -0.39 is 0 Å². The first-order valence-electron chi connectivity index (χ1n) is 3.05. The minimum Gasteiger partial charge on any atom is -0.397 e. The molecule has 0 amide bonds. The van der Waals surface area contributed by atoms with E-state index in [4.69, 9.17) is 5.73 Å². The molecular formula is C7H9Cl2N3. The number of fused-ring (bicyclic) bond motifs is 1. The van der Waals surface area contributed by atoms with Crippen LogP contribution in [0.4, 0.5) is 5.69 Å². The van der Waals surface area contributed by atoms with Crippen LogP contribution in [-0.4, -0.2) is 9.97 Å². The first kappa shape index (κ1) is 11.1. The van der Waals surface area contributed by atoms with Crippen molar-refractivity contribution in [2.24, 2.45) is 0 Å². The van der Waals surface area contributed by atoms with Gasteiger partial charge in [-0.1, -0.05) is 0 Å². The largest absolute Gasteiger partial charge is 0.397 e. The van der Waals surface area contributed by atoms with Crippen molar-refractivity contribution in [2.45, 2.75) is 0 Å². The maximum atomic E-state index is 5.60. The van der Waals surface area contributed by atoms with E-state index >= 15 is 0 Å². The average molecular weight is 206 g/mol. The van der Waals surface area contributed by atoms with E-state index in [2.05, 4.69) is 9.97 Å². The van der Waals surface area contributed by atoms with Crippen LogP contribution in [0.5, 0.6) is 0 Å². The van der Waals surface area contributed by atoms with Gasteiger partial charge in [0.2, 0.25) is 0 Å². The van der Waals surface area contributed by atoms with Gasteiger partial charge < -0.3 is 10.7 Å². The number of H-pyrrole nitrogens is 1. The van der Waals surface area contributed by atoms with Crippen molar-refractivity contribution < 1.29 is 0 Å². The molecule has 2 rings (SSSR count). The summed E-state index contributed by atoms with van der Waals surface area (Å²) in [6.45, 7) is 0. The molecule has 0 radical (unpaired) electrons. The Balaban J connectivity index is 0.000000605. The first-order valence-corrected chi connectivity index (χ1v) is 3.05. The maximum Gasteiger partial charge on any atom is 0.139 e. The van der Waals surface area contributed by atoms with E-state index in [0.29, 0.717) is 0 Å². The molecule has 3 nitrogen and oxygen atoms in total. The number of pyridine rings is 1. The number of hydrogen-bond donors (Lipinski definition) is 2. The quantitative estimate of drug-likeness (QED) is 0.692. The van der Waals surface area contributed by atoms with Crippen molar-refractivity contribution in [1.29, 1.82) is 0 Å². The zero-order valence-corrected chi connectivity index (χ0v) is 7.78. The van der Waals surface area contributed by atoms with Crippen molar-refractivity contribution in [3.63, 3.8) is 0 Å². The lowest BCUT2D eigenvalue weighted by Gasteiger charge is -1.86. The fraction of sp³-hybridized carbons (Fsp3) is 0. The highest BCUT2D eigenvalue weighted by Crippen LogP contribution is 2.16. The molecule has 0 aliphatic carbocycles. The van der Waals surface area contributed by atoms with Gasteiger partial charge in [-0.15, -0.1) is 24.8 Å². The number of nitrogens with two attached hydrogens (primary N) is 1. The Morgan fingerprint density at radius 3 is 2.75 bits per heavy atom. The van der Waals surface area contributed by atoms with Crippen LogP contribution in [0.1, 0.15) is 0 Å². The molecular weight excluding hydrogens is 197 g/mol. The smallest absolute Gasteiger partial charge is 0.139 e. The maximum absolute atomic E-state index is 5.60. The van der Waals surface area contributed by atoms with E-state index in [0.717, 1.165) is 16.7 Å². The van der Waals surface area contributed by atoms with Gasteiger partial charge in [-0.2, -0.15) is 0 Å². The molecule has 5 heteroatoms. The lowest BCUT2D eigenvalue weighted by Crippen LogP contribution is -1.79. The summed E-state index contributed by atoms with van der Waals surface area (Å²) in [6.07, 6.45) is 3.48. The topological polar surface area (TPSA) is 54.7 Å². The lowest BCUT2D eigenvalue weighted by atomic mass is 10.3. The van der Waals surface area contributed by atoms with Gasteiger partial charge in [-0.25, -0.2) is 4.98 Å². The highest BCUT2D eigenvalue weighted by molar-refractivity contribution is 5.88. The number of halogens is 2. The Labute approximate surface area is 82.2 Å². The number of nitrogens with zero attached hydrogens (tertiary/aromatic N) is 1. The zero-order valence-electron chi connectivity index (χ0n) is 6.15. The normalized spacial score (nSPS) is 8.67. The number of nitrogens with one attached hydrogen (secondary N) is 1. The van der Waals surface area contributed by atoms with Gasteiger partial charge in [-0.05, 0) is 12.1 Å².